The summed E-state index contributed by atoms with van der Waals surface area (Å²) in [5.41, 5.74) is 5.79. The van der Waals surface area contributed by atoms with E-state index < -0.39 is 0 Å². The van der Waals surface area contributed by atoms with Gasteiger partial charge in [-0.25, -0.2) is 0 Å². The Hall–Kier alpha value is -2.70. The molecular weight excluding hydrogens is 544 g/mol. The number of aromatic hydroxyl groups is 2. The molecule has 0 heterocycles. The van der Waals surface area contributed by atoms with Gasteiger partial charge in [0.15, 0.2) is 0 Å². The Bertz CT molecular complexity index is 1210. The minimum absolute atomic E-state index is 0.0443. The van der Waals surface area contributed by atoms with Crippen molar-refractivity contribution in [2.24, 2.45) is 9.98 Å². The van der Waals surface area contributed by atoms with Gasteiger partial charge < -0.3 is 10.2 Å². The van der Waals surface area contributed by atoms with Crippen molar-refractivity contribution in [2.75, 3.05) is 14.1 Å². The first-order valence-electron chi connectivity index (χ1n) is 16.6. The van der Waals surface area contributed by atoms with Crippen molar-refractivity contribution in [3.63, 3.8) is 0 Å². The Morgan fingerprint density at radius 1 is 0.682 bits per heavy atom. The molecule has 1 saturated carbocycles. The van der Waals surface area contributed by atoms with Crippen molar-refractivity contribution >= 4 is 12.4 Å². The number of benzene rings is 2. The van der Waals surface area contributed by atoms with Crippen molar-refractivity contribution < 1.29 is 10.2 Å². The highest BCUT2D eigenvalue weighted by Crippen LogP contribution is 2.35. The molecule has 2 unspecified atom stereocenters. The Labute approximate surface area is 268 Å². The van der Waals surface area contributed by atoms with E-state index in [0.717, 1.165) is 35.1 Å². The van der Waals surface area contributed by atoms with Gasteiger partial charge in [0.1, 0.15) is 11.5 Å². The third-order valence-electron chi connectivity index (χ3n) is 8.86. The molecule has 6 heteroatoms. The topological polar surface area (TPSA) is 71.7 Å². The van der Waals surface area contributed by atoms with Crippen molar-refractivity contribution in [2.45, 2.75) is 143 Å². The van der Waals surface area contributed by atoms with Crippen LogP contribution < -0.4 is 0 Å². The third-order valence-corrected chi connectivity index (χ3v) is 8.86. The summed E-state index contributed by atoms with van der Waals surface area (Å²) in [4.78, 5) is 14.0. The fourth-order valence-corrected chi connectivity index (χ4v) is 6.09. The fourth-order valence-electron chi connectivity index (χ4n) is 6.09. The number of hydrogen-bond donors (Lipinski definition) is 2. The fraction of sp³-hybridized carbons (Fsp3) is 0.632. The lowest BCUT2D eigenvalue weighted by Crippen LogP contribution is -2.50. The number of hydrogen-bond acceptors (Lipinski definition) is 6. The summed E-state index contributed by atoms with van der Waals surface area (Å²) < 4.78 is 0. The quantitative estimate of drug-likeness (QED) is 0.268. The second-order valence-corrected chi connectivity index (χ2v) is 15.6. The van der Waals surface area contributed by atoms with Gasteiger partial charge in [0.05, 0.1) is 0 Å². The van der Waals surface area contributed by atoms with Crippen molar-refractivity contribution in [1.82, 2.24) is 9.80 Å². The molecule has 0 radical (unpaired) electrons. The van der Waals surface area contributed by atoms with Gasteiger partial charge in [0, 0.05) is 71.9 Å². The van der Waals surface area contributed by atoms with Crippen LogP contribution in [0.5, 0.6) is 11.5 Å². The highest BCUT2D eigenvalue weighted by atomic mass is 16.3. The molecule has 3 rings (SSSR count). The van der Waals surface area contributed by atoms with Gasteiger partial charge in [0.2, 0.25) is 0 Å². The SMILES string of the molecule is CC(C)/N=C/c1cc(C(C)(C)C)cc(CN(C)C2CCCCC2N(C)Cc2cc(C(C)(C)C)cc(/C=N/C(C)C)c2O)c1O. The van der Waals surface area contributed by atoms with Crippen LogP contribution in [0.2, 0.25) is 0 Å². The molecule has 244 valence electrons. The normalized spacial score (nSPS) is 18.6. The van der Waals surface area contributed by atoms with Crippen molar-refractivity contribution in [3.8, 4) is 11.5 Å². The molecule has 0 spiro atoms. The molecule has 6 nitrogen and oxygen atoms in total. The molecule has 0 bridgehead atoms. The molecule has 0 aliphatic heterocycles. The smallest absolute Gasteiger partial charge is 0.128 e. The van der Waals surface area contributed by atoms with E-state index in [2.05, 4.69) is 127 Å². The Balaban J connectivity index is 1.92. The standard InChI is InChI=1S/C38H60N4O2/c1-25(2)39-21-27-17-31(37(5,6)7)19-29(35(27)43)23-41(11)33-15-13-14-16-34(33)42(12)24-30-20-32(38(8,9)10)18-28(36(30)44)22-40-26(3)4/h17-22,25-26,33-34,43-44H,13-16,23-24H2,1-12H3/b39-21+,40-22+. The summed E-state index contributed by atoms with van der Waals surface area (Å²) in [5, 5.41) is 22.7. The van der Waals surface area contributed by atoms with E-state index in [1.165, 1.54) is 24.0 Å². The van der Waals surface area contributed by atoms with E-state index in [1.807, 2.05) is 12.4 Å². The molecule has 1 aliphatic rings. The van der Waals surface area contributed by atoms with E-state index in [-0.39, 0.29) is 22.9 Å². The first-order chi connectivity index (χ1) is 20.4. The predicted molar refractivity (Wildman–Crippen MR) is 188 cm³/mol. The lowest BCUT2D eigenvalue weighted by Gasteiger charge is -2.43. The summed E-state index contributed by atoms with van der Waals surface area (Å²) in [6.45, 7) is 22.8. The molecule has 2 aromatic carbocycles. The average Bonchev–Trinajstić information content (AvgIpc) is 2.92. The highest BCUT2D eigenvalue weighted by molar-refractivity contribution is 5.85. The maximum absolute atomic E-state index is 11.4. The Morgan fingerprint density at radius 3 is 1.32 bits per heavy atom. The van der Waals surface area contributed by atoms with E-state index in [9.17, 15) is 10.2 Å². The van der Waals surface area contributed by atoms with Crippen molar-refractivity contribution in [3.05, 3.63) is 57.6 Å². The van der Waals surface area contributed by atoms with Gasteiger partial charge in [-0.2, -0.15) is 0 Å². The van der Waals surface area contributed by atoms with Crippen LogP contribution in [0.4, 0.5) is 0 Å². The van der Waals surface area contributed by atoms with E-state index in [1.54, 1.807) is 0 Å². The molecular formula is C38H60N4O2. The van der Waals surface area contributed by atoms with Crippen LogP contribution >= 0.6 is 0 Å². The maximum atomic E-state index is 11.4. The van der Waals surface area contributed by atoms with Crippen LogP contribution in [-0.4, -0.2) is 70.7 Å². The first-order valence-corrected chi connectivity index (χ1v) is 16.6. The summed E-state index contributed by atoms with van der Waals surface area (Å²) in [7, 11) is 4.39. The van der Waals surface area contributed by atoms with E-state index >= 15 is 0 Å². The zero-order valence-electron chi connectivity index (χ0n) is 29.7. The summed E-state index contributed by atoms with van der Waals surface area (Å²) >= 11 is 0. The maximum Gasteiger partial charge on any atom is 0.128 e. The molecule has 44 heavy (non-hydrogen) atoms. The third kappa shape index (κ3) is 9.40. The summed E-state index contributed by atoms with van der Waals surface area (Å²) in [5.74, 6) is 0.656. The minimum atomic E-state index is -0.0443. The van der Waals surface area contributed by atoms with Gasteiger partial charge in [-0.3, -0.25) is 19.8 Å². The largest absolute Gasteiger partial charge is 0.507 e. The zero-order chi connectivity index (χ0) is 33.0. The molecule has 1 aliphatic carbocycles. The van der Waals surface area contributed by atoms with Gasteiger partial charge in [-0.15, -0.1) is 0 Å². The average molecular weight is 605 g/mol. The molecule has 1 fully saturated rings. The monoisotopic (exact) mass is 604 g/mol. The minimum Gasteiger partial charge on any atom is -0.507 e. The van der Waals surface area contributed by atoms with Crippen molar-refractivity contribution in [1.29, 1.82) is 0 Å². The molecule has 0 amide bonds. The van der Waals surface area contributed by atoms with E-state index in [4.69, 9.17) is 0 Å². The van der Waals surface area contributed by atoms with Gasteiger partial charge in [0.25, 0.3) is 0 Å². The number of nitrogens with zero attached hydrogens (tertiary/aromatic N) is 4. The van der Waals surface area contributed by atoms with Crippen LogP contribution in [-0.2, 0) is 23.9 Å². The number of phenolic OH excluding ortho intramolecular Hbond substituents is 2. The van der Waals surface area contributed by atoms with Gasteiger partial charge >= 0.3 is 0 Å². The van der Waals surface area contributed by atoms with Gasteiger partial charge in [-0.1, -0.05) is 66.5 Å². The molecule has 2 N–H and O–H groups in total. The highest BCUT2D eigenvalue weighted by Gasteiger charge is 2.32. The number of phenols is 2. The van der Waals surface area contributed by atoms with Crippen LogP contribution in [0.3, 0.4) is 0 Å². The summed E-state index contributed by atoms with van der Waals surface area (Å²) in [6.07, 6.45) is 8.25. The van der Waals surface area contributed by atoms with Crippen LogP contribution in [0.15, 0.2) is 34.3 Å². The second kappa shape index (κ2) is 14.6. The predicted octanol–water partition coefficient (Wildman–Crippen LogP) is 8.22. The second-order valence-electron chi connectivity index (χ2n) is 15.6. The van der Waals surface area contributed by atoms with Crippen LogP contribution in [0.1, 0.15) is 128 Å². The molecule has 2 atom stereocenters. The Morgan fingerprint density at radius 2 is 1.02 bits per heavy atom. The lowest BCUT2D eigenvalue weighted by atomic mass is 9.84. The molecule has 2 aromatic rings. The lowest BCUT2D eigenvalue weighted by molar-refractivity contribution is 0.0684. The number of likely N-dealkylation sites (N-methyl/N-ethyl adjacent to an activating group) is 2. The molecule has 0 saturated heterocycles. The zero-order valence-corrected chi connectivity index (χ0v) is 29.7. The number of rotatable bonds is 10. The Kier molecular flexibility index (Phi) is 11.9. The van der Waals surface area contributed by atoms with Crippen LogP contribution in [0, 0.1) is 0 Å². The first kappa shape index (κ1) is 35.8. The van der Waals surface area contributed by atoms with Gasteiger partial charge in [-0.05, 0) is 88.7 Å². The molecule has 0 aromatic heterocycles. The summed E-state index contributed by atoms with van der Waals surface area (Å²) in [6, 6.07) is 9.51. The van der Waals surface area contributed by atoms with E-state index in [0.29, 0.717) is 36.7 Å². The van der Waals surface area contributed by atoms with Crippen LogP contribution in [0.25, 0.3) is 0 Å². The number of aliphatic imine (C=N–C) groups is 2.